The lowest BCUT2D eigenvalue weighted by Crippen LogP contribution is -2.37. The second-order valence-corrected chi connectivity index (χ2v) is 5.47. The molecule has 1 aromatic rings. The fraction of sp³-hybridized carbons (Fsp3) is 0.600. The monoisotopic (exact) mass is 277 g/mol. The number of anilines is 1. The van der Waals surface area contributed by atoms with Gasteiger partial charge in [0.2, 0.25) is 0 Å². The number of nitrogens with one attached hydrogen (secondary N) is 1. The number of rotatable bonds is 5. The summed E-state index contributed by atoms with van der Waals surface area (Å²) in [4.78, 5) is 12.9. The quantitative estimate of drug-likeness (QED) is 0.664. The largest absolute Gasteiger partial charge is 0.372 e. The average molecular weight is 277 g/mol. The lowest BCUT2D eigenvalue weighted by molar-refractivity contribution is -0.385. The molecule has 1 heterocycles. The van der Waals surface area contributed by atoms with Crippen LogP contribution in [0.4, 0.5) is 11.4 Å². The highest BCUT2D eigenvalue weighted by atomic mass is 16.6. The molecular formula is C15H23N3O2. The minimum atomic E-state index is -0.318. The van der Waals surface area contributed by atoms with Crippen LogP contribution in [0.15, 0.2) is 18.2 Å². The molecule has 0 spiro atoms. The van der Waals surface area contributed by atoms with Gasteiger partial charge in [-0.15, -0.1) is 0 Å². The van der Waals surface area contributed by atoms with E-state index in [1.54, 1.807) is 13.0 Å². The van der Waals surface area contributed by atoms with Crippen molar-refractivity contribution in [2.24, 2.45) is 5.92 Å². The average Bonchev–Trinajstić information content (AvgIpc) is 2.45. The van der Waals surface area contributed by atoms with Gasteiger partial charge in [-0.3, -0.25) is 10.1 Å². The van der Waals surface area contributed by atoms with Gasteiger partial charge in [0.1, 0.15) is 0 Å². The lowest BCUT2D eigenvalue weighted by atomic mass is 9.96. The first-order valence-corrected chi connectivity index (χ1v) is 7.32. The van der Waals surface area contributed by atoms with E-state index >= 15 is 0 Å². The number of aryl methyl sites for hydroxylation is 1. The SMILES string of the molecule is CCNCC1CCN(c2ccc([N+](=O)[O-])c(C)c2)CC1. The van der Waals surface area contributed by atoms with Crippen molar-refractivity contribution in [3.8, 4) is 0 Å². The second kappa shape index (κ2) is 6.70. The fourth-order valence-electron chi connectivity index (χ4n) is 2.78. The van der Waals surface area contributed by atoms with Crippen molar-refractivity contribution >= 4 is 11.4 Å². The van der Waals surface area contributed by atoms with Gasteiger partial charge in [0.15, 0.2) is 0 Å². The predicted octanol–water partition coefficient (Wildman–Crippen LogP) is 2.73. The van der Waals surface area contributed by atoms with Gasteiger partial charge in [-0.05, 0) is 50.9 Å². The Morgan fingerprint density at radius 1 is 1.40 bits per heavy atom. The van der Waals surface area contributed by atoms with E-state index in [2.05, 4.69) is 17.1 Å². The Balaban J connectivity index is 1.97. The Labute approximate surface area is 120 Å². The van der Waals surface area contributed by atoms with Crippen molar-refractivity contribution in [2.45, 2.75) is 26.7 Å². The van der Waals surface area contributed by atoms with Crippen LogP contribution >= 0.6 is 0 Å². The summed E-state index contributed by atoms with van der Waals surface area (Å²) in [5, 5.41) is 14.2. The number of hydrogen-bond donors (Lipinski definition) is 1. The Kier molecular flexibility index (Phi) is 4.95. The summed E-state index contributed by atoms with van der Waals surface area (Å²) in [5.41, 5.74) is 2.05. The molecule has 2 rings (SSSR count). The molecule has 5 nitrogen and oxygen atoms in total. The number of nitrogens with zero attached hydrogens (tertiary/aromatic N) is 2. The highest BCUT2D eigenvalue weighted by Gasteiger charge is 2.20. The van der Waals surface area contributed by atoms with E-state index in [0.29, 0.717) is 0 Å². The summed E-state index contributed by atoms with van der Waals surface area (Å²) in [5.74, 6) is 0.755. The van der Waals surface area contributed by atoms with Crippen molar-refractivity contribution in [2.75, 3.05) is 31.1 Å². The van der Waals surface area contributed by atoms with Crippen LogP contribution in [0.1, 0.15) is 25.3 Å². The molecule has 1 aliphatic heterocycles. The first-order valence-electron chi connectivity index (χ1n) is 7.32. The third-order valence-corrected chi connectivity index (χ3v) is 4.04. The van der Waals surface area contributed by atoms with E-state index in [1.165, 1.54) is 12.8 Å². The molecule has 0 atom stereocenters. The van der Waals surface area contributed by atoms with E-state index in [1.807, 2.05) is 12.1 Å². The maximum Gasteiger partial charge on any atom is 0.272 e. The zero-order chi connectivity index (χ0) is 14.5. The molecule has 0 amide bonds. The molecule has 0 bridgehead atoms. The summed E-state index contributed by atoms with van der Waals surface area (Å²) in [6.45, 7) is 8.14. The zero-order valence-electron chi connectivity index (χ0n) is 12.3. The topological polar surface area (TPSA) is 58.4 Å². The van der Waals surface area contributed by atoms with Crippen LogP contribution in [-0.2, 0) is 0 Å². The predicted molar refractivity (Wildman–Crippen MR) is 81.3 cm³/mol. The first-order chi connectivity index (χ1) is 9.61. The third kappa shape index (κ3) is 3.48. The first kappa shape index (κ1) is 14.8. The third-order valence-electron chi connectivity index (χ3n) is 4.04. The lowest BCUT2D eigenvalue weighted by Gasteiger charge is -2.33. The number of benzene rings is 1. The van der Waals surface area contributed by atoms with Crippen molar-refractivity contribution in [1.29, 1.82) is 0 Å². The van der Waals surface area contributed by atoms with E-state index in [9.17, 15) is 10.1 Å². The molecule has 0 aromatic heterocycles. The van der Waals surface area contributed by atoms with Crippen LogP contribution in [0.5, 0.6) is 0 Å². The van der Waals surface area contributed by atoms with Crippen LogP contribution < -0.4 is 10.2 Å². The summed E-state index contributed by atoms with van der Waals surface area (Å²) >= 11 is 0. The van der Waals surface area contributed by atoms with Gasteiger partial charge >= 0.3 is 0 Å². The molecule has 1 N–H and O–H groups in total. The van der Waals surface area contributed by atoms with Crippen LogP contribution in [0.3, 0.4) is 0 Å². The van der Waals surface area contributed by atoms with Gasteiger partial charge < -0.3 is 10.2 Å². The van der Waals surface area contributed by atoms with Crippen molar-refractivity contribution in [3.05, 3.63) is 33.9 Å². The molecule has 110 valence electrons. The van der Waals surface area contributed by atoms with Gasteiger partial charge in [-0.2, -0.15) is 0 Å². The normalized spacial score (nSPS) is 16.4. The highest BCUT2D eigenvalue weighted by Crippen LogP contribution is 2.27. The van der Waals surface area contributed by atoms with E-state index in [-0.39, 0.29) is 10.6 Å². The number of hydrogen-bond acceptors (Lipinski definition) is 4. The summed E-state index contributed by atoms with van der Waals surface area (Å²) < 4.78 is 0. The molecule has 0 unspecified atom stereocenters. The van der Waals surface area contributed by atoms with E-state index < -0.39 is 0 Å². The Bertz CT molecular complexity index is 468. The Hall–Kier alpha value is -1.62. The van der Waals surface area contributed by atoms with Crippen LogP contribution in [0.25, 0.3) is 0 Å². The summed E-state index contributed by atoms with van der Waals surface area (Å²) in [7, 11) is 0. The van der Waals surface area contributed by atoms with E-state index in [4.69, 9.17) is 0 Å². The molecule has 1 aromatic carbocycles. The van der Waals surface area contributed by atoms with E-state index in [0.717, 1.165) is 43.3 Å². The fourth-order valence-corrected chi connectivity index (χ4v) is 2.78. The minimum Gasteiger partial charge on any atom is -0.372 e. The van der Waals surface area contributed by atoms with Gasteiger partial charge in [0.05, 0.1) is 4.92 Å². The molecule has 1 fully saturated rings. The van der Waals surface area contributed by atoms with Crippen molar-refractivity contribution in [3.63, 3.8) is 0 Å². The number of piperidine rings is 1. The molecule has 0 saturated carbocycles. The van der Waals surface area contributed by atoms with Crippen LogP contribution in [0.2, 0.25) is 0 Å². The highest BCUT2D eigenvalue weighted by molar-refractivity contribution is 5.55. The van der Waals surface area contributed by atoms with Crippen LogP contribution in [0, 0.1) is 23.0 Å². The smallest absolute Gasteiger partial charge is 0.272 e. The van der Waals surface area contributed by atoms with Crippen molar-refractivity contribution < 1.29 is 4.92 Å². The molecule has 1 saturated heterocycles. The summed E-state index contributed by atoms with van der Waals surface area (Å²) in [6.07, 6.45) is 2.37. The van der Waals surface area contributed by atoms with Gasteiger partial charge in [0.25, 0.3) is 5.69 Å². The van der Waals surface area contributed by atoms with Gasteiger partial charge in [-0.25, -0.2) is 0 Å². The maximum atomic E-state index is 10.8. The Morgan fingerprint density at radius 2 is 2.10 bits per heavy atom. The van der Waals surface area contributed by atoms with Crippen LogP contribution in [-0.4, -0.2) is 31.1 Å². The summed E-state index contributed by atoms with van der Waals surface area (Å²) in [6, 6.07) is 5.42. The minimum absolute atomic E-state index is 0.204. The number of nitro benzene ring substituents is 1. The Morgan fingerprint density at radius 3 is 2.65 bits per heavy atom. The standard InChI is InChI=1S/C15H23N3O2/c1-3-16-11-13-6-8-17(9-7-13)14-4-5-15(18(19)20)12(2)10-14/h4-5,10,13,16H,3,6-9,11H2,1-2H3. The van der Waals surface area contributed by atoms with Crippen molar-refractivity contribution in [1.82, 2.24) is 5.32 Å². The molecule has 20 heavy (non-hydrogen) atoms. The molecule has 0 aliphatic carbocycles. The van der Waals surface area contributed by atoms with Gasteiger partial charge in [-0.1, -0.05) is 6.92 Å². The zero-order valence-corrected chi connectivity index (χ0v) is 12.3. The molecule has 0 radical (unpaired) electrons. The van der Waals surface area contributed by atoms with Gasteiger partial charge in [0, 0.05) is 30.4 Å². The maximum absolute atomic E-state index is 10.8. The molecular weight excluding hydrogens is 254 g/mol. The number of nitro groups is 1. The second-order valence-electron chi connectivity index (χ2n) is 5.47. The molecule has 1 aliphatic rings. The molecule has 5 heteroatoms.